The number of benzene rings is 1. The number of thioether (sulfide) groups is 1. The highest BCUT2D eigenvalue weighted by Crippen LogP contribution is 2.23. The maximum absolute atomic E-state index is 12.2. The molecule has 2 N–H and O–H groups in total. The Hall–Kier alpha value is -2.58. The summed E-state index contributed by atoms with van der Waals surface area (Å²) in [5.41, 5.74) is 0.702. The van der Waals surface area contributed by atoms with Crippen LogP contribution in [0.15, 0.2) is 40.8 Å². The molecule has 3 rings (SSSR count). The molecule has 0 aliphatic carbocycles. The molecule has 2 aromatic rings. The molecule has 25 heavy (non-hydrogen) atoms. The van der Waals surface area contributed by atoms with Gasteiger partial charge in [0.05, 0.1) is 29.5 Å². The summed E-state index contributed by atoms with van der Waals surface area (Å²) in [4.78, 5) is 36.2. The Bertz CT molecular complexity index is 795. The van der Waals surface area contributed by atoms with Gasteiger partial charge in [-0.1, -0.05) is 12.1 Å². The van der Waals surface area contributed by atoms with Crippen LogP contribution < -0.4 is 0 Å². The Morgan fingerprint density at radius 3 is 2.32 bits per heavy atom. The molecule has 2 heterocycles. The molecular formula is C17H15NO6S. The van der Waals surface area contributed by atoms with Crippen molar-refractivity contribution in [2.45, 2.75) is 11.9 Å². The zero-order valence-corrected chi connectivity index (χ0v) is 13.9. The number of hydrogen-bond donors (Lipinski definition) is 2. The number of amides is 2. The summed E-state index contributed by atoms with van der Waals surface area (Å²) in [6.07, 6.45) is -0.888. The molecule has 0 radical (unpaired) electrons. The molecule has 8 heteroatoms. The van der Waals surface area contributed by atoms with Crippen molar-refractivity contribution in [3.05, 3.63) is 59.0 Å². The average Bonchev–Trinajstić information content (AvgIpc) is 3.15. The second-order valence-corrected chi connectivity index (χ2v) is 6.54. The summed E-state index contributed by atoms with van der Waals surface area (Å²) in [7, 11) is 0. The number of nitrogens with zero attached hydrogens (tertiary/aromatic N) is 1. The van der Waals surface area contributed by atoms with Gasteiger partial charge in [-0.3, -0.25) is 14.5 Å². The van der Waals surface area contributed by atoms with Crippen molar-refractivity contribution in [1.82, 2.24) is 4.90 Å². The van der Waals surface area contributed by atoms with Gasteiger partial charge in [0.1, 0.15) is 5.76 Å². The lowest BCUT2D eigenvalue weighted by atomic mass is 10.1. The van der Waals surface area contributed by atoms with E-state index in [1.165, 1.54) is 17.8 Å². The summed E-state index contributed by atoms with van der Waals surface area (Å²) in [6.45, 7) is -0.0854. The van der Waals surface area contributed by atoms with Crippen LogP contribution >= 0.6 is 11.8 Å². The Morgan fingerprint density at radius 1 is 1.12 bits per heavy atom. The SMILES string of the molecule is O=C(O)c1ccc(CSCC(O)CN2C(=O)c3ccccc3C2=O)o1. The van der Waals surface area contributed by atoms with E-state index >= 15 is 0 Å². The third-order valence-corrected chi connectivity index (χ3v) is 4.81. The number of carbonyl (C=O) groups is 3. The first kappa shape index (κ1) is 17.2. The zero-order valence-electron chi connectivity index (χ0n) is 13.0. The Morgan fingerprint density at radius 2 is 1.76 bits per heavy atom. The maximum atomic E-state index is 12.2. The van der Waals surface area contributed by atoms with E-state index < -0.39 is 23.9 Å². The summed E-state index contributed by atoms with van der Waals surface area (Å²) >= 11 is 1.32. The molecule has 1 atom stereocenters. The quantitative estimate of drug-likeness (QED) is 0.725. The van der Waals surface area contributed by atoms with Crippen molar-refractivity contribution >= 4 is 29.5 Å². The van der Waals surface area contributed by atoms with Gasteiger partial charge in [-0.15, -0.1) is 0 Å². The molecule has 0 saturated carbocycles. The van der Waals surface area contributed by atoms with Gasteiger partial charge >= 0.3 is 5.97 Å². The Balaban J connectivity index is 1.51. The van der Waals surface area contributed by atoms with Crippen LogP contribution in [0.25, 0.3) is 0 Å². The summed E-state index contributed by atoms with van der Waals surface area (Å²) in [6, 6.07) is 9.49. The normalized spacial score (nSPS) is 14.7. The molecule has 7 nitrogen and oxygen atoms in total. The van der Waals surface area contributed by atoms with E-state index in [0.717, 1.165) is 4.90 Å². The van der Waals surface area contributed by atoms with E-state index in [1.54, 1.807) is 30.3 Å². The molecule has 0 spiro atoms. The molecule has 0 fully saturated rings. The third kappa shape index (κ3) is 3.59. The zero-order chi connectivity index (χ0) is 18.0. The Labute approximate surface area is 147 Å². The van der Waals surface area contributed by atoms with Gasteiger partial charge in [-0.25, -0.2) is 4.79 Å². The summed E-state index contributed by atoms with van der Waals surface area (Å²) in [5, 5.41) is 18.9. The van der Waals surface area contributed by atoms with Gasteiger partial charge in [0.25, 0.3) is 11.8 Å². The van der Waals surface area contributed by atoms with Crippen LogP contribution in [0.2, 0.25) is 0 Å². The number of carboxylic acid groups (broad SMARTS) is 1. The summed E-state index contributed by atoms with van der Waals surface area (Å²) < 4.78 is 5.12. The minimum absolute atomic E-state index is 0.0854. The number of fused-ring (bicyclic) bond motifs is 1. The number of furan rings is 1. The first-order valence-corrected chi connectivity index (χ1v) is 8.66. The van der Waals surface area contributed by atoms with Gasteiger partial charge in [0, 0.05) is 5.75 Å². The van der Waals surface area contributed by atoms with Crippen LogP contribution in [-0.2, 0) is 5.75 Å². The lowest BCUT2D eigenvalue weighted by Gasteiger charge is -2.18. The monoisotopic (exact) mass is 361 g/mol. The second-order valence-electron chi connectivity index (χ2n) is 5.51. The van der Waals surface area contributed by atoms with Crippen molar-refractivity contribution in [2.75, 3.05) is 12.3 Å². The van der Waals surface area contributed by atoms with Crippen LogP contribution in [0.3, 0.4) is 0 Å². The number of β-amino-alcohol motifs (C(OH)–C–C–N with tert-alkyl or cyclic N) is 1. The largest absolute Gasteiger partial charge is 0.475 e. The molecule has 1 aromatic carbocycles. The second kappa shape index (κ2) is 7.12. The van der Waals surface area contributed by atoms with Crippen LogP contribution in [0, 0.1) is 0 Å². The predicted octanol–water partition coefficient (Wildman–Crippen LogP) is 1.87. The molecule has 1 aliphatic rings. The smallest absolute Gasteiger partial charge is 0.371 e. The first-order chi connectivity index (χ1) is 12.0. The fourth-order valence-corrected chi connectivity index (χ4v) is 3.39. The minimum atomic E-state index is -1.14. The predicted molar refractivity (Wildman–Crippen MR) is 89.6 cm³/mol. The van der Waals surface area contributed by atoms with Crippen molar-refractivity contribution in [3.8, 4) is 0 Å². The number of hydrogen-bond acceptors (Lipinski definition) is 6. The fraction of sp³-hybridized carbons (Fsp3) is 0.235. The van der Waals surface area contributed by atoms with Gasteiger partial charge in [0.2, 0.25) is 5.76 Å². The van der Waals surface area contributed by atoms with Gasteiger partial charge in [-0.2, -0.15) is 11.8 Å². The number of carbonyl (C=O) groups excluding carboxylic acids is 2. The lowest BCUT2D eigenvalue weighted by molar-refractivity contribution is 0.0566. The number of rotatable bonds is 7. The highest BCUT2D eigenvalue weighted by molar-refractivity contribution is 7.98. The van der Waals surface area contributed by atoms with Gasteiger partial charge in [0.15, 0.2) is 0 Å². The standard InChI is InChI=1S/C17H15NO6S/c19-10(8-25-9-11-5-6-14(24-11)17(22)23)7-18-15(20)12-3-1-2-4-13(12)16(18)21/h1-6,10,19H,7-9H2,(H,22,23). The number of aromatic carboxylic acids is 1. The van der Waals surface area contributed by atoms with E-state index in [-0.39, 0.29) is 18.1 Å². The van der Waals surface area contributed by atoms with Crippen molar-refractivity contribution < 1.29 is 29.0 Å². The fourth-order valence-electron chi connectivity index (χ4n) is 2.53. The van der Waals surface area contributed by atoms with E-state index in [0.29, 0.717) is 22.6 Å². The van der Waals surface area contributed by atoms with Crippen LogP contribution in [0.5, 0.6) is 0 Å². The molecule has 1 aromatic heterocycles. The maximum Gasteiger partial charge on any atom is 0.371 e. The van der Waals surface area contributed by atoms with Gasteiger partial charge in [-0.05, 0) is 24.3 Å². The molecule has 130 valence electrons. The number of imide groups is 1. The van der Waals surface area contributed by atoms with Crippen LogP contribution in [0.1, 0.15) is 37.0 Å². The van der Waals surface area contributed by atoms with E-state index in [2.05, 4.69) is 0 Å². The van der Waals surface area contributed by atoms with E-state index in [9.17, 15) is 19.5 Å². The number of aliphatic hydroxyl groups is 1. The highest BCUT2D eigenvalue weighted by atomic mass is 32.2. The summed E-state index contributed by atoms with van der Waals surface area (Å²) in [5.74, 6) is -0.939. The highest BCUT2D eigenvalue weighted by Gasteiger charge is 2.35. The molecule has 1 unspecified atom stereocenters. The first-order valence-electron chi connectivity index (χ1n) is 7.50. The van der Waals surface area contributed by atoms with Crippen molar-refractivity contribution in [2.24, 2.45) is 0 Å². The van der Waals surface area contributed by atoms with E-state index in [4.69, 9.17) is 9.52 Å². The third-order valence-electron chi connectivity index (χ3n) is 3.70. The Kier molecular flexibility index (Phi) is 4.91. The number of aliphatic hydroxyl groups excluding tert-OH is 1. The molecular weight excluding hydrogens is 346 g/mol. The van der Waals surface area contributed by atoms with Crippen molar-refractivity contribution in [3.63, 3.8) is 0 Å². The van der Waals surface area contributed by atoms with Crippen molar-refractivity contribution in [1.29, 1.82) is 0 Å². The number of carboxylic acids is 1. The lowest BCUT2D eigenvalue weighted by Crippen LogP contribution is -2.37. The molecule has 0 saturated heterocycles. The minimum Gasteiger partial charge on any atom is -0.475 e. The topological polar surface area (TPSA) is 108 Å². The average molecular weight is 361 g/mol. The molecule has 1 aliphatic heterocycles. The van der Waals surface area contributed by atoms with Gasteiger partial charge < -0.3 is 14.6 Å². The van der Waals surface area contributed by atoms with Crippen LogP contribution in [-0.4, -0.2) is 51.3 Å². The molecule has 2 amide bonds. The molecule has 0 bridgehead atoms. The van der Waals surface area contributed by atoms with Crippen LogP contribution in [0.4, 0.5) is 0 Å². The van der Waals surface area contributed by atoms with E-state index in [1.807, 2.05) is 0 Å².